The van der Waals surface area contributed by atoms with E-state index in [0.29, 0.717) is 22.0 Å². The molecule has 6 nitrogen and oxygen atoms in total. The second-order valence-electron chi connectivity index (χ2n) is 5.31. The van der Waals surface area contributed by atoms with E-state index in [1.165, 1.54) is 17.5 Å². The Kier molecular flexibility index (Phi) is 4.95. The van der Waals surface area contributed by atoms with Gasteiger partial charge >= 0.3 is 5.97 Å². The first kappa shape index (κ1) is 16.9. The Labute approximate surface area is 149 Å². The lowest BCUT2D eigenvalue weighted by Crippen LogP contribution is -2.10. The number of hydrogen-bond donors (Lipinski definition) is 1. The van der Waals surface area contributed by atoms with Gasteiger partial charge in [0.2, 0.25) is 0 Å². The molecule has 1 aromatic carbocycles. The van der Waals surface area contributed by atoms with Crippen LogP contribution in [0.15, 0.2) is 48.8 Å². The van der Waals surface area contributed by atoms with E-state index in [1.807, 2.05) is 37.3 Å². The number of esters is 1. The van der Waals surface area contributed by atoms with E-state index in [-0.39, 0.29) is 11.9 Å². The number of thiophene rings is 1. The van der Waals surface area contributed by atoms with Gasteiger partial charge in [0.25, 0.3) is 5.91 Å². The number of nitrogens with zero attached hydrogens (tertiary/aromatic N) is 2. The second-order valence-corrected chi connectivity index (χ2v) is 6.36. The topological polar surface area (TPSA) is 73.2 Å². The molecule has 0 bridgehead atoms. The highest BCUT2D eigenvalue weighted by Gasteiger charge is 2.17. The maximum atomic E-state index is 12.4. The molecule has 0 atom stereocenters. The number of aryl methyl sites for hydroxylation is 1. The summed E-state index contributed by atoms with van der Waals surface area (Å²) >= 11 is 1.20. The average Bonchev–Trinajstić information content (AvgIpc) is 3.23. The van der Waals surface area contributed by atoms with Crippen LogP contribution in [0.4, 0.5) is 5.00 Å². The zero-order chi connectivity index (χ0) is 17.8. The minimum Gasteiger partial charge on any atom is -0.462 e. The lowest BCUT2D eigenvalue weighted by molar-refractivity contribution is 0.0531. The summed E-state index contributed by atoms with van der Waals surface area (Å²) in [4.78, 5) is 24.8. The van der Waals surface area contributed by atoms with Crippen LogP contribution in [0.25, 0.3) is 5.69 Å². The smallest absolute Gasteiger partial charge is 0.348 e. The highest BCUT2D eigenvalue weighted by molar-refractivity contribution is 7.18. The fraction of sp³-hybridized carbons (Fsp3) is 0.167. The Morgan fingerprint density at radius 3 is 2.76 bits per heavy atom. The van der Waals surface area contributed by atoms with Crippen LogP contribution in [0.2, 0.25) is 0 Å². The van der Waals surface area contributed by atoms with Gasteiger partial charge in [-0.25, -0.2) is 9.48 Å². The molecule has 0 aliphatic carbocycles. The highest BCUT2D eigenvalue weighted by atomic mass is 32.1. The summed E-state index contributed by atoms with van der Waals surface area (Å²) in [7, 11) is 0. The van der Waals surface area contributed by atoms with Crippen LogP contribution in [0.5, 0.6) is 0 Å². The monoisotopic (exact) mass is 355 g/mol. The molecule has 1 N–H and O–H groups in total. The van der Waals surface area contributed by atoms with E-state index in [0.717, 1.165) is 11.3 Å². The third-order valence-corrected chi connectivity index (χ3v) is 4.61. The Bertz CT molecular complexity index is 899. The quantitative estimate of drug-likeness (QED) is 0.709. The van der Waals surface area contributed by atoms with Crippen molar-refractivity contribution in [2.24, 2.45) is 0 Å². The Hall–Kier alpha value is -2.93. The van der Waals surface area contributed by atoms with Crippen molar-refractivity contribution in [3.8, 4) is 5.69 Å². The molecular weight excluding hydrogens is 338 g/mol. The number of para-hydroxylation sites is 1. The number of carbonyl (C=O) groups is 2. The molecule has 0 aliphatic rings. The summed E-state index contributed by atoms with van der Waals surface area (Å²) in [5.74, 6) is -0.652. The number of anilines is 1. The largest absolute Gasteiger partial charge is 0.462 e. The van der Waals surface area contributed by atoms with Gasteiger partial charge in [-0.1, -0.05) is 18.2 Å². The third-order valence-electron chi connectivity index (χ3n) is 3.48. The highest BCUT2D eigenvalue weighted by Crippen LogP contribution is 2.27. The fourth-order valence-corrected chi connectivity index (χ4v) is 3.25. The summed E-state index contributed by atoms with van der Waals surface area (Å²) in [5.41, 5.74) is 2.09. The molecule has 3 aromatic rings. The number of hydrogen-bond acceptors (Lipinski definition) is 5. The number of aromatic nitrogens is 2. The number of nitrogens with one attached hydrogen (secondary N) is 1. The standard InChI is InChI=1S/C18H17N3O3S/c1-3-24-18(23)16-12(2)9-15(25-16)20-17(22)13-10-19-21(11-13)14-7-5-4-6-8-14/h4-11H,3H2,1-2H3,(H,20,22). The predicted molar refractivity (Wildman–Crippen MR) is 96.5 cm³/mol. The first-order chi connectivity index (χ1) is 12.1. The van der Waals surface area contributed by atoms with Crippen molar-refractivity contribution in [1.82, 2.24) is 9.78 Å². The molecule has 128 valence electrons. The van der Waals surface area contributed by atoms with Gasteiger partial charge in [0.1, 0.15) is 4.88 Å². The van der Waals surface area contributed by atoms with Crippen molar-refractivity contribution in [2.45, 2.75) is 13.8 Å². The van der Waals surface area contributed by atoms with Crippen LogP contribution in [0.3, 0.4) is 0 Å². The lowest BCUT2D eigenvalue weighted by atomic mass is 10.3. The van der Waals surface area contributed by atoms with Gasteiger partial charge in [-0.2, -0.15) is 5.10 Å². The second kappa shape index (κ2) is 7.31. The predicted octanol–water partition coefficient (Wildman–Crippen LogP) is 3.67. The summed E-state index contributed by atoms with van der Waals surface area (Å²) in [6.07, 6.45) is 3.17. The molecule has 3 rings (SSSR count). The Morgan fingerprint density at radius 2 is 2.04 bits per heavy atom. The molecule has 0 unspecified atom stereocenters. The maximum Gasteiger partial charge on any atom is 0.348 e. The molecule has 0 fully saturated rings. The van der Waals surface area contributed by atoms with E-state index < -0.39 is 0 Å². The Morgan fingerprint density at radius 1 is 1.28 bits per heavy atom. The summed E-state index contributed by atoms with van der Waals surface area (Å²) in [6, 6.07) is 11.3. The third kappa shape index (κ3) is 3.77. The number of carbonyl (C=O) groups excluding carboxylic acids is 2. The zero-order valence-corrected chi connectivity index (χ0v) is 14.7. The van der Waals surface area contributed by atoms with Gasteiger partial charge in [-0.15, -0.1) is 11.3 Å². The SMILES string of the molecule is CCOC(=O)c1sc(NC(=O)c2cnn(-c3ccccc3)c2)cc1C. The van der Waals surface area contributed by atoms with Gasteiger partial charge in [-0.05, 0) is 37.6 Å². The summed E-state index contributed by atoms with van der Waals surface area (Å²) < 4.78 is 6.65. The zero-order valence-electron chi connectivity index (χ0n) is 13.9. The molecule has 0 spiro atoms. The van der Waals surface area contributed by atoms with Crippen LogP contribution in [-0.2, 0) is 4.74 Å². The van der Waals surface area contributed by atoms with Crippen molar-refractivity contribution < 1.29 is 14.3 Å². The molecule has 7 heteroatoms. The fourth-order valence-electron chi connectivity index (χ4n) is 2.29. The minimum atomic E-state index is -0.373. The van der Waals surface area contributed by atoms with Gasteiger partial charge in [0.05, 0.1) is 29.1 Å². The molecule has 1 amide bonds. The van der Waals surface area contributed by atoms with Gasteiger partial charge in [0.15, 0.2) is 0 Å². The van der Waals surface area contributed by atoms with Gasteiger partial charge in [-0.3, -0.25) is 4.79 Å². The minimum absolute atomic E-state index is 0.279. The van der Waals surface area contributed by atoms with Crippen LogP contribution < -0.4 is 5.32 Å². The molecule has 0 saturated heterocycles. The van der Waals surface area contributed by atoms with Gasteiger partial charge in [0, 0.05) is 6.20 Å². The van der Waals surface area contributed by atoms with Crippen LogP contribution in [-0.4, -0.2) is 28.3 Å². The number of rotatable bonds is 5. The van der Waals surface area contributed by atoms with Crippen LogP contribution in [0, 0.1) is 6.92 Å². The van der Waals surface area contributed by atoms with Crippen molar-refractivity contribution in [3.05, 3.63) is 64.8 Å². The molecule has 2 aromatic heterocycles. The Balaban J connectivity index is 1.74. The molecule has 0 saturated carbocycles. The van der Waals surface area contributed by atoms with E-state index in [1.54, 1.807) is 23.9 Å². The van der Waals surface area contributed by atoms with E-state index in [4.69, 9.17) is 4.74 Å². The van der Waals surface area contributed by atoms with E-state index >= 15 is 0 Å². The van der Waals surface area contributed by atoms with E-state index in [2.05, 4.69) is 10.4 Å². The van der Waals surface area contributed by atoms with Crippen LogP contribution in [0.1, 0.15) is 32.5 Å². The first-order valence-electron chi connectivity index (χ1n) is 7.77. The van der Waals surface area contributed by atoms with Gasteiger partial charge < -0.3 is 10.1 Å². The first-order valence-corrected chi connectivity index (χ1v) is 8.59. The molecule has 0 radical (unpaired) electrons. The molecule has 25 heavy (non-hydrogen) atoms. The van der Waals surface area contributed by atoms with E-state index in [9.17, 15) is 9.59 Å². The van der Waals surface area contributed by atoms with Crippen molar-refractivity contribution >= 4 is 28.2 Å². The molecular formula is C18H17N3O3S. The number of benzene rings is 1. The maximum absolute atomic E-state index is 12.4. The molecule has 2 heterocycles. The number of amides is 1. The average molecular weight is 355 g/mol. The van der Waals surface area contributed by atoms with Crippen molar-refractivity contribution in [1.29, 1.82) is 0 Å². The lowest BCUT2D eigenvalue weighted by Gasteiger charge is -2.00. The van der Waals surface area contributed by atoms with Crippen LogP contribution >= 0.6 is 11.3 Å². The number of ether oxygens (including phenoxy) is 1. The molecule has 0 aliphatic heterocycles. The summed E-state index contributed by atoms with van der Waals surface area (Å²) in [6.45, 7) is 3.89. The summed E-state index contributed by atoms with van der Waals surface area (Å²) in [5, 5.41) is 7.60. The van der Waals surface area contributed by atoms with Crippen molar-refractivity contribution in [3.63, 3.8) is 0 Å². The van der Waals surface area contributed by atoms with Crippen molar-refractivity contribution in [2.75, 3.05) is 11.9 Å². The normalized spacial score (nSPS) is 10.5.